The van der Waals surface area contributed by atoms with Crippen molar-refractivity contribution in [3.63, 3.8) is 0 Å². The summed E-state index contributed by atoms with van der Waals surface area (Å²) in [6, 6.07) is 0.139. The zero-order valence-electron chi connectivity index (χ0n) is 10.9. The molecule has 102 valence electrons. The zero-order chi connectivity index (χ0) is 12.0. The van der Waals surface area contributed by atoms with E-state index < -0.39 is 0 Å². The van der Waals surface area contributed by atoms with Crippen LogP contribution in [-0.4, -0.2) is 42.6 Å². The van der Waals surface area contributed by atoms with E-state index in [9.17, 15) is 4.79 Å². The van der Waals surface area contributed by atoms with Gasteiger partial charge in [-0.1, -0.05) is 13.3 Å². The molecule has 17 heavy (non-hydrogen) atoms. The predicted octanol–water partition coefficient (Wildman–Crippen LogP) is 1.56. The highest BCUT2D eigenvalue weighted by molar-refractivity contribution is 5.85. The van der Waals surface area contributed by atoms with E-state index in [4.69, 9.17) is 10.5 Å². The third-order valence-corrected chi connectivity index (χ3v) is 2.98. The molecule has 1 fully saturated rings. The topological polar surface area (TPSA) is 55.6 Å². The van der Waals surface area contributed by atoms with Crippen molar-refractivity contribution in [3.05, 3.63) is 0 Å². The van der Waals surface area contributed by atoms with Crippen LogP contribution < -0.4 is 5.73 Å². The Bertz CT molecular complexity index is 227. The first kappa shape index (κ1) is 16.7. The molecule has 2 atom stereocenters. The van der Waals surface area contributed by atoms with Gasteiger partial charge < -0.3 is 15.4 Å². The summed E-state index contributed by atoms with van der Waals surface area (Å²) >= 11 is 0. The Hall–Kier alpha value is -0.320. The SMILES string of the molecule is CCCCOC(C)C(=O)N1CCCC(N)C1.Cl. The molecular weight excluding hydrogens is 240 g/mol. The number of nitrogens with zero attached hydrogens (tertiary/aromatic N) is 1. The number of unbranched alkanes of at least 4 members (excludes halogenated alkanes) is 1. The van der Waals surface area contributed by atoms with Crippen LogP contribution in [0.15, 0.2) is 0 Å². The first-order valence-electron chi connectivity index (χ1n) is 6.31. The number of piperidine rings is 1. The second kappa shape index (κ2) is 8.72. The normalized spacial score (nSPS) is 21.8. The minimum Gasteiger partial charge on any atom is -0.369 e. The molecule has 4 nitrogen and oxygen atoms in total. The first-order valence-corrected chi connectivity index (χ1v) is 6.31. The van der Waals surface area contributed by atoms with Crippen LogP contribution in [0.25, 0.3) is 0 Å². The highest BCUT2D eigenvalue weighted by Gasteiger charge is 2.25. The van der Waals surface area contributed by atoms with Gasteiger partial charge in [0.1, 0.15) is 6.10 Å². The summed E-state index contributed by atoms with van der Waals surface area (Å²) in [6.07, 6.45) is 3.81. The molecule has 0 bridgehead atoms. The van der Waals surface area contributed by atoms with Gasteiger partial charge in [0.15, 0.2) is 0 Å². The van der Waals surface area contributed by atoms with Crippen molar-refractivity contribution in [3.8, 4) is 0 Å². The van der Waals surface area contributed by atoms with Gasteiger partial charge in [0.2, 0.25) is 0 Å². The summed E-state index contributed by atoms with van der Waals surface area (Å²) in [5.74, 6) is 0.0891. The smallest absolute Gasteiger partial charge is 0.251 e. The maximum absolute atomic E-state index is 12.0. The van der Waals surface area contributed by atoms with E-state index in [1.165, 1.54) is 0 Å². The van der Waals surface area contributed by atoms with Gasteiger partial charge in [-0.3, -0.25) is 4.79 Å². The van der Waals surface area contributed by atoms with E-state index in [1.807, 2.05) is 11.8 Å². The van der Waals surface area contributed by atoms with E-state index in [0.717, 1.165) is 32.2 Å². The van der Waals surface area contributed by atoms with Gasteiger partial charge in [-0.2, -0.15) is 0 Å². The lowest BCUT2D eigenvalue weighted by Crippen LogP contribution is -2.49. The Morgan fingerprint density at radius 2 is 2.29 bits per heavy atom. The number of carbonyl (C=O) groups is 1. The number of rotatable bonds is 5. The third kappa shape index (κ3) is 5.70. The number of amides is 1. The Morgan fingerprint density at radius 3 is 2.88 bits per heavy atom. The summed E-state index contributed by atoms with van der Waals surface area (Å²) in [7, 11) is 0. The summed E-state index contributed by atoms with van der Waals surface area (Å²) in [6.45, 7) is 6.12. The number of hydrogen-bond donors (Lipinski definition) is 1. The number of nitrogens with two attached hydrogens (primary N) is 1. The van der Waals surface area contributed by atoms with Crippen molar-refractivity contribution in [1.29, 1.82) is 0 Å². The van der Waals surface area contributed by atoms with Crippen molar-refractivity contribution in [2.45, 2.75) is 51.7 Å². The monoisotopic (exact) mass is 264 g/mol. The second-order valence-corrected chi connectivity index (χ2v) is 4.55. The molecule has 0 aromatic carbocycles. The fourth-order valence-electron chi connectivity index (χ4n) is 1.94. The van der Waals surface area contributed by atoms with Gasteiger partial charge in [0.05, 0.1) is 0 Å². The lowest BCUT2D eigenvalue weighted by molar-refractivity contribution is -0.143. The second-order valence-electron chi connectivity index (χ2n) is 4.55. The lowest BCUT2D eigenvalue weighted by Gasteiger charge is -2.32. The maximum atomic E-state index is 12.0. The number of hydrogen-bond acceptors (Lipinski definition) is 3. The van der Waals surface area contributed by atoms with Crippen molar-refractivity contribution < 1.29 is 9.53 Å². The highest BCUT2D eigenvalue weighted by Crippen LogP contribution is 2.10. The molecule has 5 heteroatoms. The molecule has 0 aromatic heterocycles. The molecule has 1 saturated heterocycles. The van der Waals surface area contributed by atoms with E-state index >= 15 is 0 Å². The van der Waals surface area contributed by atoms with Crippen LogP contribution in [-0.2, 0) is 9.53 Å². The molecule has 1 aliphatic rings. The summed E-state index contributed by atoms with van der Waals surface area (Å²) in [5, 5.41) is 0. The summed E-state index contributed by atoms with van der Waals surface area (Å²) in [4.78, 5) is 13.8. The number of ether oxygens (including phenoxy) is 1. The average Bonchev–Trinajstić information content (AvgIpc) is 2.28. The standard InChI is InChI=1S/C12H24N2O2.ClH/c1-3-4-8-16-10(2)12(15)14-7-5-6-11(13)9-14;/h10-11H,3-9,13H2,1-2H3;1H. The molecule has 1 aliphatic heterocycles. The van der Waals surface area contributed by atoms with Gasteiger partial charge in [0, 0.05) is 25.7 Å². The van der Waals surface area contributed by atoms with Crippen LogP contribution in [0.3, 0.4) is 0 Å². The van der Waals surface area contributed by atoms with Crippen molar-refractivity contribution in [1.82, 2.24) is 4.90 Å². The molecule has 0 aliphatic carbocycles. The van der Waals surface area contributed by atoms with Gasteiger partial charge in [-0.15, -0.1) is 12.4 Å². The van der Waals surface area contributed by atoms with Crippen LogP contribution in [0.2, 0.25) is 0 Å². The molecule has 0 aromatic rings. The lowest BCUT2D eigenvalue weighted by atomic mass is 10.1. The molecule has 2 unspecified atom stereocenters. The van der Waals surface area contributed by atoms with E-state index in [0.29, 0.717) is 13.2 Å². The van der Waals surface area contributed by atoms with Crippen molar-refractivity contribution >= 4 is 18.3 Å². The van der Waals surface area contributed by atoms with E-state index in [1.54, 1.807) is 0 Å². The zero-order valence-corrected chi connectivity index (χ0v) is 11.7. The molecule has 1 rings (SSSR count). The fourth-order valence-corrected chi connectivity index (χ4v) is 1.94. The van der Waals surface area contributed by atoms with Crippen LogP contribution in [0.5, 0.6) is 0 Å². The van der Waals surface area contributed by atoms with Gasteiger partial charge in [0.25, 0.3) is 5.91 Å². The van der Waals surface area contributed by atoms with Gasteiger partial charge in [-0.25, -0.2) is 0 Å². The molecule has 1 amide bonds. The van der Waals surface area contributed by atoms with Crippen LogP contribution in [0, 0.1) is 0 Å². The van der Waals surface area contributed by atoms with Crippen LogP contribution >= 0.6 is 12.4 Å². The average molecular weight is 265 g/mol. The molecule has 0 radical (unpaired) electrons. The quantitative estimate of drug-likeness (QED) is 0.767. The van der Waals surface area contributed by atoms with Gasteiger partial charge in [-0.05, 0) is 26.2 Å². The number of halogens is 1. The summed E-state index contributed by atoms with van der Waals surface area (Å²) < 4.78 is 5.50. The number of likely N-dealkylation sites (tertiary alicyclic amines) is 1. The van der Waals surface area contributed by atoms with E-state index in [2.05, 4.69) is 6.92 Å². The molecule has 2 N–H and O–H groups in total. The van der Waals surface area contributed by atoms with Crippen molar-refractivity contribution in [2.75, 3.05) is 19.7 Å². The van der Waals surface area contributed by atoms with Crippen LogP contribution in [0.1, 0.15) is 39.5 Å². The maximum Gasteiger partial charge on any atom is 0.251 e. The predicted molar refractivity (Wildman–Crippen MR) is 71.4 cm³/mol. The van der Waals surface area contributed by atoms with Crippen molar-refractivity contribution in [2.24, 2.45) is 5.73 Å². The molecule has 0 spiro atoms. The molecular formula is C12H25ClN2O2. The molecule has 1 heterocycles. The fraction of sp³-hybridized carbons (Fsp3) is 0.917. The minimum absolute atomic E-state index is 0. The largest absolute Gasteiger partial charge is 0.369 e. The van der Waals surface area contributed by atoms with E-state index in [-0.39, 0.29) is 30.5 Å². The summed E-state index contributed by atoms with van der Waals surface area (Å²) in [5.41, 5.74) is 5.85. The van der Waals surface area contributed by atoms with Crippen LogP contribution in [0.4, 0.5) is 0 Å². The minimum atomic E-state index is -0.322. The molecule has 0 saturated carbocycles. The highest BCUT2D eigenvalue weighted by atomic mass is 35.5. The Labute approximate surface area is 110 Å². The first-order chi connectivity index (χ1) is 7.65. The Balaban J connectivity index is 0.00000256. The number of carbonyl (C=O) groups excluding carboxylic acids is 1. The van der Waals surface area contributed by atoms with Gasteiger partial charge >= 0.3 is 0 Å². The third-order valence-electron chi connectivity index (χ3n) is 2.98. The Morgan fingerprint density at radius 1 is 1.59 bits per heavy atom. The Kier molecular flexibility index (Phi) is 8.56.